The lowest BCUT2D eigenvalue weighted by molar-refractivity contribution is -0.121. The molecule has 0 unspecified atom stereocenters. The highest BCUT2D eigenvalue weighted by atomic mass is 16.3. The summed E-state index contributed by atoms with van der Waals surface area (Å²) in [5, 5.41) is 15.7. The fraction of sp³-hybridized carbons (Fsp3) is 0.500. The van der Waals surface area contributed by atoms with E-state index in [1.807, 2.05) is 31.4 Å². The number of amides is 1. The van der Waals surface area contributed by atoms with E-state index in [4.69, 9.17) is 5.11 Å². The van der Waals surface area contributed by atoms with E-state index in [9.17, 15) is 4.79 Å². The Balaban J connectivity index is 2.19. The highest BCUT2D eigenvalue weighted by Gasteiger charge is 2.12. The number of hydrogen-bond acceptors (Lipinski definition) is 4. The molecule has 2 rings (SSSR count). The Hall–Kier alpha value is -1.95. The molecule has 1 amide bonds. The second-order valence-electron chi connectivity index (χ2n) is 4.89. The molecule has 6 heteroatoms. The highest BCUT2D eigenvalue weighted by Crippen LogP contribution is 2.16. The molecule has 20 heavy (non-hydrogen) atoms. The minimum absolute atomic E-state index is 0.0378. The summed E-state index contributed by atoms with van der Waals surface area (Å²) in [7, 11) is 0. The standard InChI is InChI=1S/C14H20N4O2/c1-9-8-13-16-10(2)12(11(3)18(13)17-9)4-5-14(20)15-6-7-19/h8,19H,4-7H2,1-3H3,(H,15,20). The SMILES string of the molecule is Cc1cc2nc(C)c(CCC(=O)NCCO)c(C)n2n1. The molecule has 0 saturated heterocycles. The fourth-order valence-electron chi connectivity index (χ4n) is 2.33. The maximum absolute atomic E-state index is 11.6. The molecular weight excluding hydrogens is 256 g/mol. The number of fused-ring (bicyclic) bond motifs is 1. The predicted octanol–water partition coefficient (Wildman–Crippen LogP) is 0.696. The van der Waals surface area contributed by atoms with Crippen molar-refractivity contribution in [3.63, 3.8) is 0 Å². The van der Waals surface area contributed by atoms with Gasteiger partial charge in [-0.3, -0.25) is 4.79 Å². The Morgan fingerprint density at radius 2 is 2.15 bits per heavy atom. The van der Waals surface area contributed by atoms with Crippen molar-refractivity contribution in [2.75, 3.05) is 13.2 Å². The van der Waals surface area contributed by atoms with Gasteiger partial charge >= 0.3 is 0 Å². The van der Waals surface area contributed by atoms with Crippen LogP contribution in [0.3, 0.4) is 0 Å². The number of nitrogens with zero attached hydrogens (tertiary/aromatic N) is 3. The molecule has 0 atom stereocenters. The smallest absolute Gasteiger partial charge is 0.220 e. The number of aliphatic hydroxyl groups is 1. The van der Waals surface area contributed by atoms with Gasteiger partial charge in [-0.1, -0.05) is 0 Å². The second kappa shape index (κ2) is 6.00. The van der Waals surface area contributed by atoms with E-state index < -0.39 is 0 Å². The van der Waals surface area contributed by atoms with E-state index in [0.29, 0.717) is 19.4 Å². The van der Waals surface area contributed by atoms with E-state index in [-0.39, 0.29) is 12.5 Å². The van der Waals surface area contributed by atoms with Crippen LogP contribution in [0.15, 0.2) is 6.07 Å². The topological polar surface area (TPSA) is 79.5 Å². The average Bonchev–Trinajstić information content (AvgIpc) is 2.76. The third kappa shape index (κ3) is 2.96. The van der Waals surface area contributed by atoms with Crippen LogP contribution < -0.4 is 5.32 Å². The summed E-state index contributed by atoms with van der Waals surface area (Å²) in [5.41, 5.74) is 4.78. The summed E-state index contributed by atoms with van der Waals surface area (Å²) < 4.78 is 1.82. The monoisotopic (exact) mass is 276 g/mol. The van der Waals surface area contributed by atoms with Gasteiger partial charge in [-0.05, 0) is 32.8 Å². The van der Waals surface area contributed by atoms with Crippen molar-refractivity contribution in [1.82, 2.24) is 19.9 Å². The van der Waals surface area contributed by atoms with Gasteiger partial charge in [-0.2, -0.15) is 5.10 Å². The molecular formula is C14H20N4O2. The number of carbonyl (C=O) groups excluding carboxylic acids is 1. The fourth-order valence-corrected chi connectivity index (χ4v) is 2.33. The number of hydrogen-bond donors (Lipinski definition) is 2. The third-order valence-corrected chi connectivity index (χ3v) is 3.32. The van der Waals surface area contributed by atoms with E-state index in [0.717, 1.165) is 28.3 Å². The molecule has 2 aromatic rings. The molecule has 0 fully saturated rings. The zero-order chi connectivity index (χ0) is 14.7. The van der Waals surface area contributed by atoms with Crippen molar-refractivity contribution in [2.24, 2.45) is 0 Å². The Morgan fingerprint density at radius 1 is 1.40 bits per heavy atom. The van der Waals surface area contributed by atoms with Gasteiger partial charge in [0.15, 0.2) is 5.65 Å². The largest absolute Gasteiger partial charge is 0.395 e. The summed E-state index contributed by atoms with van der Waals surface area (Å²) >= 11 is 0. The van der Waals surface area contributed by atoms with Crippen molar-refractivity contribution < 1.29 is 9.90 Å². The van der Waals surface area contributed by atoms with E-state index in [1.54, 1.807) is 0 Å². The summed E-state index contributed by atoms with van der Waals surface area (Å²) in [6.45, 7) is 6.15. The number of carbonyl (C=O) groups is 1. The zero-order valence-electron chi connectivity index (χ0n) is 12.1. The van der Waals surface area contributed by atoms with Crippen LogP contribution in [0, 0.1) is 20.8 Å². The van der Waals surface area contributed by atoms with Crippen LogP contribution in [0.25, 0.3) is 5.65 Å². The van der Waals surface area contributed by atoms with Crippen molar-refractivity contribution >= 4 is 11.6 Å². The minimum Gasteiger partial charge on any atom is -0.395 e. The van der Waals surface area contributed by atoms with E-state index in [2.05, 4.69) is 15.4 Å². The normalized spacial score (nSPS) is 11.0. The van der Waals surface area contributed by atoms with Crippen molar-refractivity contribution in [3.05, 3.63) is 28.7 Å². The molecule has 6 nitrogen and oxygen atoms in total. The molecule has 0 radical (unpaired) electrons. The molecule has 0 saturated carbocycles. The van der Waals surface area contributed by atoms with Crippen molar-refractivity contribution in [3.8, 4) is 0 Å². The Morgan fingerprint density at radius 3 is 2.85 bits per heavy atom. The maximum Gasteiger partial charge on any atom is 0.220 e. The van der Waals surface area contributed by atoms with Gasteiger partial charge in [0.25, 0.3) is 0 Å². The first kappa shape index (κ1) is 14.5. The summed E-state index contributed by atoms with van der Waals surface area (Å²) in [6.07, 6.45) is 1.01. The van der Waals surface area contributed by atoms with Crippen molar-refractivity contribution in [1.29, 1.82) is 0 Å². The molecule has 2 aromatic heterocycles. The average molecular weight is 276 g/mol. The number of nitrogens with one attached hydrogen (secondary N) is 1. The highest BCUT2D eigenvalue weighted by molar-refractivity contribution is 5.76. The van der Waals surface area contributed by atoms with Crippen LogP contribution in [0.2, 0.25) is 0 Å². The number of aliphatic hydroxyl groups excluding tert-OH is 1. The predicted molar refractivity (Wildman–Crippen MR) is 75.6 cm³/mol. The maximum atomic E-state index is 11.6. The Kier molecular flexibility index (Phi) is 4.34. The van der Waals surface area contributed by atoms with Crippen LogP contribution in [-0.4, -0.2) is 38.8 Å². The summed E-state index contributed by atoms with van der Waals surface area (Å²) in [4.78, 5) is 16.1. The first-order valence-electron chi connectivity index (χ1n) is 6.73. The van der Waals surface area contributed by atoms with Gasteiger partial charge in [-0.15, -0.1) is 0 Å². The van der Waals surface area contributed by atoms with Gasteiger partial charge in [0.1, 0.15) is 0 Å². The molecule has 108 valence electrons. The third-order valence-electron chi connectivity index (χ3n) is 3.32. The summed E-state index contributed by atoms with van der Waals surface area (Å²) in [6, 6.07) is 1.94. The van der Waals surface area contributed by atoms with Crippen LogP contribution in [0.1, 0.15) is 29.1 Å². The molecule has 0 aromatic carbocycles. The Bertz CT molecular complexity index is 634. The number of rotatable bonds is 5. The van der Waals surface area contributed by atoms with Gasteiger partial charge in [0, 0.05) is 30.4 Å². The second-order valence-corrected chi connectivity index (χ2v) is 4.89. The lowest BCUT2D eigenvalue weighted by atomic mass is 10.1. The van der Waals surface area contributed by atoms with Crippen LogP contribution >= 0.6 is 0 Å². The van der Waals surface area contributed by atoms with Gasteiger partial charge < -0.3 is 10.4 Å². The lowest BCUT2D eigenvalue weighted by Crippen LogP contribution is -2.26. The van der Waals surface area contributed by atoms with Gasteiger partial charge in [-0.25, -0.2) is 9.50 Å². The zero-order valence-corrected chi connectivity index (χ0v) is 12.1. The van der Waals surface area contributed by atoms with E-state index in [1.165, 1.54) is 0 Å². The number of aryl methyl sites for hydroxylation is 3. The number of aromatic nitrogens is 3. The van der Waals surface area contributed by atoms with Crippen LogP contribution in [-0.2, 0) is 11.2 Å². The molecule has 0 aliphatic rings. The van der Waals surface area contributed by atoms with Gasteiger partial charge in [0.2, 0.25) is 5.91 Å². The lowest BCUT2D eigenvalue weighted by Gasteiger charge is -2.11. The molecule has 0 spiro atoms. The first-order valence-corrected chi connectivity index (χ1v) is 6.73. The summed E-state index contributed by atoms with van der Waals surface area (Å²) in [5.74, 6) is -0.0606. The van der Waals surface area contributed by atoms with Gasteiger partial charge in [0.05, 0.1) is 12.3 Å². The van der Waals surface area contributed by atoms with Crippen LogP contribution in [0.4, 0.5) is 0 Å². The molecule has 0 bridgehead atoms. The molecule has 0 aliphatic heterocycles. The van der Waals surface area contributed by atoms with E-state index >= 15 is 0 Å². The minimum atomic E-state index is -0.0606. The van der Waals surface area contributed by atoms with Crippen molar-refractivity contribution in [2.45, 2.75) is 33.6 Å². The molecule has 2 N–H and O–H groups in total. The first-order chi connectivity index (χ1) is 9.52. The molecule has 2 heterocycles. The molecule has 0 aliphatic carbocycles. The quantitative estimate of drug-likeness (QED) is 0.842. The van der Waals surface area contributed by atoms with Crippen LogP contribution in [0.5, 0.6) is 0 Å². The Labute approximate surface area is 117 Å².